The minimum absolute atomic E-state index is 0.0362. The van der Waals surface area contributed by atoms with Gasteiger partial charge in [0.05, 0.1) is 20.9 Å². The van der Waals surface area contributed by atoms with Crippen LogP contribution in [0.4, 0.5) is 5.69 Å². The molecule has 1 aromatic heterocycles. The first kappa shape index (κ1) is 17.0. The summed E-state index contributed by atoms with van der Waals surface area (Å²) < 4.78 is 1.16. The number of phenolic OH excluding ortho intramolecular Hbond substituents is 1. The number of nitrogens with zero attached hydrogens (tertiary/aromatic N) is 2. The molecule has 0 unspecified atom stereocenters. The predicted molar refractivity (Wildman–Crippen MR) is 110 cm³/mol. The van der Waals surface area contributed by atoms with Gasteiger partial charge in [0, 0.05) is 22.4 Å². The van der Waals surface area contributed by atoms with Crippen molar-refractivity contribution < 1.29 is 5.11 Å². The van der Waals surface area contributed by atoms with E-state index in [1.807, 2.05) is 42.5 Å². The number of aromatic hydroxyl groups is 1. The molecule has 0 aliphatic rings. The molecule has 0 saturated heterocycles. The van der Waals surface area contributed by atoms with Crippen molar-refractivity contribution in [2.24, 2.45) is 4.99 Å². The van der Waals surface area contributed by atoms with E-state index in [9.17, 15) is 5.11 Å². The molecule has 0 radical (unpaired) electrons. The average molecular weight is 399 g/mol. The number of hydrogen-bond acceptors (Lipinski definition) is 4. The van der Waals surface area contributed by atoms with Gasteiger partial charge in [-0.2, -0.15) is 0 Å². The Balaban J connectivity index is 1.60. The number of fused-ring (bicyclic) bond motifs is 1. The smallest absolute Gasteiger partial charge is 0.143 e. The van der Waals surface area contributed by atoms with Gasteiger partial charge in [-0.25, -0.2) is 4.98 Å². The molecular formula is C20H12Cl2N2OS. The monoisotopic (exact) mass is 398 g/mol. The van der Waals surface area contributed by atoms with Crippen LogP contribution < -0.4 is 0 Å². The van der Waals surface area contributed by atoms with Crippen molar-refractivity contribution in [2.75, 3.05) is 0 Å². The molecule has 0 bridgehead atoms. The normalized spacial score (nSPS) is 11.5. The summed E-state index contributed by atoms with van der Waals surface area (Å²) in [5.74, 6) is -0.0362. The van der Waals surface area contributed by atoms with Gasteiger partial charge in [-0.3, -0.25) is 4.99 Å². The third-order valence-corrected chi connectivity index (χ3v) is 5.41. The van der Waals surface area contributed by atoms with Gasteiger partial charge >= 0.3 is 0 Å². The highest BCUT2D eigenvalue weighted by Crippen LogP contribution is 2.32. The Morgan fingerprint density at radius 3 is 2.54 bits per heavy atom. The van der Waals surface area contributed by atoms with Gasteiger partial charge in [0.15, 0.2) is 0 Å². The van der Waals surface area contributed by atoms with Crippen LogP contribution in [0.25, 0.3) is 20.8 Å². The molecule has 128 valence electrons. The van der Waals surface area contributed by atoms with Crippen molar-refractivity contribution >= 4 is 56.7 Å². The summed E-state index contributed by atoms with van der Waals surface area (Å²) in [5, 5.41) is 11.6. The van der Waals surface area contributed by atoms with E-state index in [0.717, 1.165) is 26.5 Å². The Hall–Kier alpha value is -2.40. The fourth-order valence-electron chi connectivity index (χ4n) is 2.51. The number of benzene rings is 3. The van der Waals surface area contributed by atoms with Crippen LogP contribution in [0.5, 0.6) is 5.75 Å². The van der Waals surface area contributed by atoms with Gasteiger partial charge in [-0.05, 0) is 48.5 Å². The summed E-state index contributed by atoms with van der Waals surface area (Å²) in [4.78, 5) is 9.03. The fraction of sp³-hybridized carbons (Fsp3) is 0. The van der Waals surface area contributed by atoms with E-state index in [1.54, 1.807) is 23.6 Å². The lowest BCUT2D eigenvalue weighted by molar-refractivity contribution is 0.475. The minimum Gasteiger partial charge on any atom is -0.506 e. The summed E-state index contributed by atoms with van der Waals surface area (Å²) >= 11 is 13.5. The van der Waals surface area contributed by atoms with Gasteiger partial charge in [-0.1, -0.05) is 35.3 Å². The third kappa shape index (κ3) is 3.44. The highest BCUT2D eigenvalue weighted by molar-refractivity contribution is 7.21. The summed E-state index contributed by atoms with van der Waals surface area (Å²) in [7, 11) is 0. The van der Waals surface area contributed by atoms with Crippen LogP contribution in [-0.2, 0) is 0 Å². The van der Waals surface area contributed by atoms with Crippen molar-refractivity contribution in [2.45, 2.75) is 0 Å². The molecule has 26 heavy (non-hydrogen) atoms. The first-order valence-electron chi connectivity index (χ1n) is 7.78. The molecule has 1 N–H and O–H groups in total. The number of rotatable bonds is 3. The van der Waals surface area contributed by atoms with E-state index < -0.39 is 0 Å². The number of phenols is 1. The number of aliphatic imine (C=N–C) groups is 1. The standard InChI is InChI=1S/C20H12Cl2N2OS/c21-14-9-13(19(25)16(22)10-14)11-23-15-7-5-12(6-8-15)20-24-17-3-1-2-4-18(17)26-20/h1-11,25H. The van der Waals surface area contributed by atoms with E-state index >= 15 is 0 Å². The quantitative estimate of drug-likeness (QED) is 0.389. The van der Waals surface area contributed by atoms with E-state index in [4.69, 9.17) is 23.2 Å². The summed E-state index contributed by atoms with van der Waals surface area (Å²) in [6, 6.07) is 19.0. The topological polar surface area (TPSA) is 45.5 Å². The number of para-hydroxylation sites is 1. The van der Waals surface area contributed by atoms with Gasteiger partial charge in [0.1, 0.15) is 10.8 Å². The summed E-state index contributed by atoms with van der Waals surface area (Å²) in [6.07, 6.45) is 1.54. The molecular weight excluding hydrogens is 387 g/mol. The van der Waals surface area contributed by atoms with E-state index in [2.05, 4.69) is 16.0 Å². The molecule has 0 aliphatic heterocycles. The van der Waals surface area contributed by atoms with Crippen LogP contribution in [0.15, 0.2) is 65.7 Å². The van der Waals surface area contributed by atoms with Gasteiger partial charge in [0.2, 0.25) is 0 Å². The largest absolute Gasteiger partial charge is 0.506 e. The molecule has 4 rings (SSSR count). The first-order chi connectivity index (χ1) is 12.6. The molecule has 0 fully saturated rings. The zero-order valence-electron chi connectivity index (χ0n) is 13.4. The Labute approximate surface area is 164 Å². The van der Waals surface area contributed by atoms with E-state index in [1.165, 1.54) is 6.07 Å². The second-order valence-electron chi connectivity index (χ2n) is 5.62. The first-order valence-corrected chi connectivity index (χ1v) is 9.35. The van der Waals surface area contributed by atoms with E-state index in [0.29, 0.717) is 10.6 Å². The van der Waals surface area contributed by atoms with Crippen LogP contribution in [-0.4, -0.2) is 16.3 Å². The molecule has 4 aromatic rings. The van der Waals surface area contributed by atoms with Crippen LogP contribution in [0.2, 0.25) is 10.0 Å². The van der Waals surface area contributed by atoms with Gasteiger partial charge < -0.3 is 5.11 Å². The SMILES string of the molecule is Oc1c(Cl)cc(Cl)cc1C=Nc1ccc(-c2nc3ccccc3s2)cc1. The Kier molecular flexibility index (Phi) is 4.64. The number of halogens is 2. The molecule has 6 heteroatoms. The predicted octanol–water partition coefficient (Wildman–Crippen LogP) is 6.73. The van der Waals surface area contributed by atoms with Crippen LogP contribution >= 0.6 is 34.5 Å². The molecule has 0 spiro atoms. The summed E-state index contributed by atoms with van der Waals surface area (Å²) in [6.45, 7) is 0. The Morgan fingerprint density at radius 1 is 1.00 bits per heavy atom. The van der Waals surface area contributed by atoms with Crippen molar-refractivity contribution in [1.29, 1.82) is 0 Å². The van der Waals surface area contributed by atoms with Crippen molar-refractivity contribution in [3.63, 3.8) is 0 Å². The van der Waals surface area contributed by atoms with Crippen molar-refractivity contribution in [1.82, 2.24) is 4.98 Å². The van der Waals surface area contributed by atoms with Crippen LogP contribution in [0, 0.1) is 0 Å². The lowest BCUT2D eigenvalue weighted by Crippen LogP contribution is -1.84. The lowest BCUT2D eigenvalue weighted by atomic mass is 10.2. The molecule has 0 atom stereocenters. The second kappa shape index (κ2) is 7.08. The highest BCUT2D eigenvalue weighted by atomic mass is 35.5. The zero-order valence-corrected chi connectivity index (χ0v) is 15.7. The molecule has 0 aliphatic carbocycles. The maximum atomic E-state index is 9.97. The van der Waals surface area contributed by atoms with Gasteiger partial charge in [0.25, 0.3) is 0 Å². The molecule has 0 amide bonds. The molecule has 3 nitrogen and oxygen atoms in total. The third-order valence-electron chi connectivity index (χ3n) is 3.82. The lowest BCUT2D eigenvalue weighted by Gasteiger charge is -2.02. The fourth-order valence-corrected chi connectivity index (χ4v) is 3.99. The Morgan fingerprint density at radius 2 is 1.77 bits per heavy atom. The summed E-state index contributed by atoms with van der Waals surface area (Å²) in [5.41, 5.74) is 3.27. The van der Waals surface area contributed by atoms with Crippen molar-refractivity contribution in [3.8, 4) is 16.3 Å². The van der Waals surface area contributed by atoms with Crippen molar-refractivity contribution in [3.05, 3.63) is 76.3 Å². The molecule has 3 aromatic carbocycles. The number of thiazole rings is 1. The van der Waals surface area contributed by atoms with E-state index in [-0.39, 0.29) is 10.8 Å². The average Bonchev–Trinajstić information content (AvgIpc) is 3.08. The number of aromatic nitrogens is 1. The molecule has 1 heterocycles. The highest BCUT2D eigenvalue weighted by Gasteiger charge is 2.07. The Bertz CT molecular complexity index is 1090. The van der Waals surface area contributed by atoms with Crippen LogP contribution in [0.3, 0.4) is 0 Å². The zero-order chi connectivity index (χ0) is 18.1. The minimum atomic E-state index is -0.0362. The second-order valence-corrected chi connectivity index (χ2v) is 7.49. The number of hydrogen-bond donors (Lipinski definition) is 1. The van der Waals surface area contributed by atoms with Crippen LogP contribution in [0.1, 0.15) is 5.56 Å². The molecule has 0 saturated carbocycles. The maximum absolute atomic E-state index is 9.97. The maximum Gasteiger partial charge on any atom is 0.143 e. The van der Waals surface area contributed by atoms with Gasteiger partial charge in [-0.15, -0.1) is 11.3 Å².